The maximum absolute atomic E-state index is 9.08. The molecule has 72 valence electrons. The quantitative estimate of drug-likeness (QED) is 0.636. The summed E-state index contributed by atoms with van der Waals surface area (Å²) in [6.45, 7) is 0.788. The van der Waals surface area contributed by atoms with Crippen molar-refractivity contribution in [2.24, 2.45) is 5.73 Å². The van der Waals surface area contributed by atoms with Crippen molar-refractivity contribution >= 4 is 12.4 Å². The van der Waals surface area contributed by atoms with Crippen molar-refractivity contribution in [2.45, 2.75) is 36.8 Å². The van der Waals surface area contributed by atoms with Crippen molar-refractivity contribution in [2.75, 3.05) is 13.2 Å². The SMILES string of the molecule is Cl.NC12CCC(CO)(CC1)OC2. The monoisotopic (exact) mass is 193 g/mol. The predicted octanol–water partition coefficient (Wildman–Crippen LogP) is 0.441. The van der Waals surface area contributed by atoms with Crippen molar-refractivity contribution in [1.29, 1.82) is 0 Å². The van der Waals surface area contributed by atoms with Gasteiger partial charge >= 0.3 is 0 Å². The molecule has 0 aromatic heterocycles. The minimum Gasteiger partial charge on any atom is -0.393 e. The highest BCUT2D eigenvalue weighted by molar-refractivity contribution is 5.85. The zero-order valence-electron chi connectivity index (χ0n) is 7.08. The molecule has 3 rings (SSSR count). The van der Waals surface area contributed by atoms with Crippen LogP contribution < -0.4 is 5.73 Å². The Hall–Kier alpha value is 0.170. The highest BCUT2D eigenvalue weighted by Gasteiger charge is 2.47. The first kappa shape index (κ1) is 10.3. The molecule has 1 saturated carbocycles. The fraction of sp³-hybridized carbons (Fsp3) is 1.00. The van der Waals surface area contributed by atoms with Gasteiger partial charge in [-0.2, -0.15) is 0 Å². The number of fused-ring (bicyclic) bond motifs is 3. The topological polar surface area (TPSA) is 55.5 Å². The lowest BCUT2D eigenvalue weighted by Crippen LogP contribution is -2.60. The second-order valence-corrected chi connectivity index (χ2v) is 3.99. The minimum atomic E-state index is -0.221. The Bertz CT molecular complexity index is 150. The average molecular weight is 194 g/mol. The lowest BCUT2D eigenvalue weighted by Gasteiger charge is -2.50. The van der Waals surface area contributed by atoms with Crippen LogP contribution in [0.25, 0.3) is 0 Å². The summed E-state index contributed by atoms with van der Waals surface area (Å²) in [4.78, 5) is 0. The Morgan fingerprint density at radius 2 is 1.83 bits per heavy atom. The van der Waals surface area contributed by atoms with E-state index < -0.39 is 0 Å². The Kier molecular flexibility index (Phi) is 2.69. The summed E-state index contributed by atoms with van der Waals surface area (Å²) in [5, 5.41) is 9.08. The van der Waals surface area contributed by atoms with Crippen LogP contribution in [0.15, 0.2) is 0 Å². The summed E-state index contributed by atoms with van der Waals surface area (Å²) < 4.78 is 5.54. The van der Waals surface area contributed by atoms with E-state index in [1.165, 1.54) is 0 Å². The highest BCUT2D eigenvalue weighted by atomic mass is 35.5. The van der Waals surface area contributed by atoms with E-state index in [2.05, 4.69) is 0 Å². The molecule has 3 aliphatic rings. The van der Waals surface area contributed by atoms with E-state index in [1.54, 1.807) is 0 Å². The van der Waals surface area contributed by atoms with Gasteiger partial charge in [0.2, 0.25) is 0 Å². The lowest BCUT2D eigenvalue weighted by atomic mass is 9.72. The molecule has 0 aromatic carbocycles. The van der Waals surface area contributed by atoms with Crippen LogP contribution in [0.1, 0.15) is 25.7 Å². The van der Waals surface area contributed by atoms with Crippen LogP contribution in [0.2, 0.25) is 0 Å². The maximum atomic E-state index is 9.08. The number of aliphatic hydroxyl groups excluding tert-OH is 1. The van der Waals surface area contributed by atoms with Crippen LogP contribution in [0.4, 0.5) is 0 Å². The first-order valence-electron chi connectivity index (χ1n) is 4.22. The Morgan fingerprint density at radius 3 is 2.17 bits per heavy atom. The van der Waals surface area contributed by atoms with E-state index in [9.17, 15) is 0 Å². The summed E-state index contributed by atoms with van der Waals surface area (Å²) >= 11 is 0. The van der Waals surface area contributed by atoms with E-state index in [-0.39, 0.29) is 30.2 Å². The number of halogens is 1. The van der Waals surface area contributed by atoms with Crippen molar-refractivity contribution < 1.29 is 9.84 Å². The fourth-order valence-electron chi connectivity index (χ4n) is 1.99. The second-order valence-electron chi connectivity index (χ2n) is 3.99. The van der Waals surface area contributed by atoms with Gasteiger partial charge in [-0.05, 0) is 25.7 Å². The number of aliphatic hydroxyl groups is 1. The highest BCUT2D eigenvalue weighted by Crippen LogP contribution is 2.41. The molecule has 2 saturated heterocycles. The summed E-state index contributed by atoms with van der Waals surface area (Å²) in [5.41, 5.74) is 5.71. The Balaban J connectivity index is 0.000000720. The molecule has 12 heavy (non-hydrogen) atoms. The van der Waals surface area contributed by atoms with Crippen molar-refractivity contribution in [3.63, 3.8) is 0 Å². The molecular weight excluding hydrogens is 178 g/mol. The Labute approximate surface area is 78.7 Å². The molecule has 3 fully saturated rings. The third kappa shape index (κ3) is 1.46. The van der Waals surface area contributed by atoms with E-state index in [0.717, 1.165) is 25.7 Å². The van der Waals surface area contributed by atoms with Gasteiger partial charge < -0.3 is 15.6 Å². The standard InChI is InChI=1S/C8H15NO2.ClH/c9-7-1-3-8(5-10,4-2-7)11-6-7;/h10H,1-6,9H2;1H. The number of ether oxygens (including phenoxy) is 1. The minimum absolute atomic E-state index is 0. The summed E-state index contributed by atoms with van der Waals surface area (Å²) in [6, 6.07) is 0. The molecule has 0 atom stereocenters. The van der Waals surface area contributed by atoms with Crippen LogP contribution in [0, 0.1) is 0 Å². The van der Waals surface area contributed by atoms with Gasteiger partial charge in [-0.25, -0.2) is 0 Å². The second kappa shape index (κ2) is 3.14. The van der Waals surface area contributed by atoms with Gasteiger partial charge in [0.25, 0.3) is 0 Å². The zero-order chi connectivity index (χ0) is 7.95. The number of nitrogens with two attached hydrogens (primary N) is 1. The molecule has 3 N–H and O–H groups in total. The van der Waals surface area contributed by atoms with Crippen LogP contribution in [0.3, 0.4) is 0 Å². The third-order valence-electron chi connectivity index (χ3n) is 3.11. The lowest BCUT2D eigenvalue weighted by molar-refractivity contribution is -0.171. The average Bonchev–Trinajstić information content (AvgIpc) is 2.07. The molecule has 0 spiro atoms. The van der Waals surface area contributed by atoms with Crippen molar-refractivity contribution in [3.8, 4) is 0 Å². The van der Waals surface area contributed by atoms with E-state index in [0.29, 0.717) is 6.61 Å². The first-order chi connectivity index (χ1) is 5.18. The maximum Gasteiger partial charge on any atom is 0.0914 e. The van der Waals surface area contributed by atoms with Gasteiger partial charge in [0.15, 0.2) is 0 Å². The molecular formula is C8H16ClNO2. The molecule has 2 bridgehead atoms. The van der Waals surface area contributed by atoms with Gasteiger partial charge in [-0.15, -0.1) is 12.4 Å². The number of rotatable bonds is 1. The van der Waals surface area contributed by atoms with Crippen molar-refractivity contribution in [3.05, 3.63) is 0 Å². The molecule has 0 aromatic rings. The van der Waals surface area contributed by atoms with Crippen molar-refractivity contribution in [1.82, 2.24) is 0 Å². The van der Waals surface area contributed by atoms with E-state index in [4.69, 9.17) is 15.6 Å². The first-order valence-corrected chi connectivity index (χ1v) is 4.22. The van der Waals surface area contributed by atoms with Crippen LogP contribution >= 0.6 is 12.4 Å². The summed E-state index contributed by atoms with van der Waals surface area (Å²) in [6.07, 6.45) is 3.88. The van der Waals surface area contributed by atoms with E-state index in [1.807, 2.05) is 0 Å². The molecule has 2 heterocycles. The molecule has 0 amide bonds. The Morgan fingerprint density at radius 1 is 1.25 bits per heavy atom. The molecule has 0 radical (unpaired) electrons. The van der Waals surface area contributed by atoms with Gasteiger partial charge in [-0.1, -0.05) is 0 Å². The molecule has 2 aliphatic heterocycles. The third-order valence-corrected chi connectivity index (χ3v) is 3.11. The molecule has 4 heteroatoms. The van der Waals surface area contributed by atoms with Crippen LogP contribution in [-0.4, -0.2) is 29.5 Å². The van der Waals surface area contributed by atoms with Gasteiger partial charge in [0.1, 0.15) is 0 Å². The molecule has 1 aliphatic carbocycles. The zero-order valence-corrected chi connectivity index (χ0v) is 7.90. The molecule has 0 unspecified atom stereocenters. The normalized spacial score (nSPS) is 45.5. The number of hydrogen-bond acceptors (Lipinski definition) is 3. The fourth-order valence-corrected chi connectivity index (χ4v) is 1.99. The van der Waals surface area contributed by atoms with Gasteiger partial charge in [-0.3, -0.25) is 0 Å². The summed E-state index contributed by atoms with van der Waals surface area (Å²) in [7, 11) is 0. The van der Waals surface area contributed by atoms with Crippen LogP contribution in [0.5, 0.6) is 0 Å². The number of hydrogen-bond donors (Lipinski definition) is 2. The van der Waals surface area contributed by atoms with Crippen LogP contribution in [-0.2, 0) is 4.74 Å². The smallest absolute Gasteiger partial charge is 0.0914 e. The largest absolute Gasteiger partial charge is 0.393 e. The van der Waals surface area contributed by atoms with Gasteiger partial charge in [0, 0.05) is 5.54 Å². The van der Waals surface area contributed by atoms with Gasteiger partial charge in [0.05, 0.1) is 18.8 Å². The molecule has 3 nitrogen and oxygen atoms in total. The summed E-state index contributed by atoms with van der Waals surface area (Å²) in [5.74, 6) is 0. The van der Waals surface area contributed by atoms with E-state index >= 15 is 0 Å². The predicted molar refractivity (Wildman–Crippen MR) is 48.4 cm³/mol.